The molecule has 9 heteroatoms. The van der Waals surface area contributed by atoms with Crippen LogP contribution in [0.25, 0.3) is 6.08 Å². The van der Waals surface area contributed by atoms with Crippen molar-refractivity contribution in [3.05, 3.63) is 83.9 Å². The van der Waals surface area contributed by atoms with Gasteiger partial charge < -0.3 is 19.3 Å². The summed E-state index contributed by atoms with van der Waals surface area (Å²) in [4.78, 5) is 27.3. The average molecular weight is 519 g/mol. The molecule has 1 heterocycles. The van der Waals surface area contributed by atoms with Crippen LogP contribution in [0.15, 0.2) is 78.4 Å². The van der Waals surface area contributed by atoms with Crippen molar-refractivity contribution in [1.82, 2.24) is 5.32 Å². The minimum atomic E-state index is -0.585. The number of aliphatic hydroxyl groups excluding tert-OH is 1. The first-order valence-electron chi connectivity index (χ1n) is 11.7. The summed E-state index contributed by atoms with van der Waals surface area (Å²) in [5, 5.41) is 11.5. The number of thiocarbonyl (C=S) groups is 1. The lowest BCUT2D eigenvalue weighted by molar-refractivity contribution is -0.122. The summed E-state index contributed by atoms with van der Waals surface area (Å²) in [6, 6.07) is 21.3. The van der Waals surface area contributed by atoms with Gasteiger partial charge in [0.2, 0.25) is 0 Å². The summed E-state index contributed by atoms with van der Waals surface area (Å²) >= 11 is 5.30. The lowest BCUT2D eigenvalue weighted by atomic mass is 10.1. The number of rotatable bonds is 10. The van der Waals surface area contributed by atoms with Gasteiger partial charge in [-0.05, 0) is 85.2 Å². The van der Waals surface area contributed by atoms with Gasteiger partial charge >= 0.3 is 0 Å². The summed E-state index contributed by atoms with van der Waals surface area (Å²) in [6.07, 6.45) is 2.83. The zero-order valence-electron chi connectivity index (χ0n) is 20.2. The van der Waals surface area contributed by atoms with E-state index in [-0.39, 0.29) is 17.3 Å². The van der Waals surface area contributed by atoms with Crippen LogP contribution in [0.4, 0.5) is 5.69 Å². The van der Waals surface area contributed by atoms with E-state index in [0.29, 0.717) is 53.7 Å². The molecule has 2 amide bonds. The van der Waals surface area contributed by atoms with Gasteiger partial charge in [-0.1, -0.05) is 24.3 Å². The second-order valence-electron chi connectivity index (χ2n) is 8.06. The fraction of sp³-hybridized carbons (Fsp3) is 0.179. The molecule has 0 atom stereocenters. The maximum atomic E-state index is 13.4. The summed E-state index contributed by atoms with van der Waals surface area (Å²) in [7, 11) is 1.51. The molecular formula is C28H26N2O6S. The van der Waals surface area contributed by atoms with Crippen molar-refractivity contribution in [2.75, 3.05) is 25.2 Å². The van der Waals surface area contributed by atoms with E-state index in [1.165, 1.54) is 18.1 Å². The van der Waals surface area contributed by atoms with Gasteiger partial charge in [0, 0.05) is 6.61 Å². The number of nitrogens with one attached hydrogen (secondary N) is 1. The van der Waals surface area contributed by atoms with Gasteiger partial charge in [0.05, 0.1) is 19.4 Å². The zero-order chi connectivity index (χ0) is 26.2. The highest BCUT2D eigenvalue weighted by Crippen LogP contribution is 2.31. The monoisotopic (exact) mass is 518 g/mol. The standard InChI is InChI=1S/C28H26N2O6S/c1-34-25-18-19(9-14-24(25)35-16-6-5-15-31)17-23-26(32)29-28(37)30(27(23)33)20-10-12-22(13-11-20)36-21-7-3-2-4-8-21/h2-4,7-14,17-18,31H,5-6,15-16H2,1H3,(H,29,32,37). The van der Waals surface area contributed by atoms with Crippen LogP contribution in [0, 0.1) is 0 Å². The van der Waals surface area contributed by atoms with Crippen LogP contribution in [0.5, 0.6) is 23.0 Å². The molecule has 0 aliphatic carbocycles. The molecule has 1 aliphatic heterocycles. The topological polar surface area (TPSA) is 97.3 Å². The van der Waals surface area contributed by atoms with Crippen molar-refractivity contribution in [2.24, 2.45) is 0 Å². The average Bonchev–Trinajstić information content (AvgIpc) is 2.91. The van der Waals surface area contributed by atoms with Gasteiger partial charge in [0.25, 0.3) is 11.8 Å². The smallest absolute Gasteiger partial charge is 0.270 e. The van der Waals surface area contributed by atoms with Crippen molar-refractivity contribution in [3.8, 4) is 23.0 Å². The molecule has 0 saturated carbocycles. The van der Waals surface area contributed by atoms with Crippen LogP contribution in [-0.2, 0) is 9.59 Å². The van der Waals surface area contributed by atoms with Crippen LogP contribution < -0.4 is 24.4 Å². The molecule has 0 unspecified atom stereocenters. The van der Waals surface area contributed by atoms with Gasteiger partial charge in [-0.15, -0.1) is 0 Å². The number of benzene rings is 3. The number of hydrogen-bond donors (Lipinski definition) is 2. The van der Waals surface area contributed by atoms with E-state index in [2.05, 4.69) is 5.32 Å². The van der Waals surface area contributed by atoms with Crippen LogP contribution in [-0.4, -0.2) is 42.4 Å². The van der Waals surface area contributed by atoms with Crippen molar-refractivity contribution >= 4 is 40.9 Å². The Morgan fingerprint density at radius 3 is 2.38 bits per heavy atom. The van der Waals surface area contributed by atoms with E-state index in [4.69, 9.17) is 31.5 Å². The number of aliphatic hydroxyl groups is 1. The normalized spacial score (nSPS) is 14.5. The Labute approximate surface area is 220 Å². The third kappa shape index (κ3) is 6.32. The van der Waals surface area contributed by atoms with Crippen LogP contribution in [0.3, 0.4) is 0 Å². The second kappa shape index (κ2) is 12.2. The predicted octanol–water partition coefficient (Wildman–Crippen LogP) is 4.47. The molecule has 0 bridgehead atoms. The number of anilines is 1. The summed E-state index contributed by atoms with van der Waals surface area (Å²) in [5.74, 6) is 1.14. The minimum Gasteiger partial charge on any atom is -0.493 e. The second-order valence-corrected chi connectivity index (χ2v) is 8.44. The number of hydrogen-bond acceptors (Lipinski definition) is 7. The molecule has 0 spiro atoms. The molecule has 1 fully saturated rings. The molecule has 1 saturated heterocycles. The van der Waals surface area contributed by atoms with Gasteiger partial charge in [-0.2, -0.15) is 0 Å². The SMILES string of the molecule is COc1cc(C=C2C(=O)NC(=S)N(c3ccc(Oc4ccccc4)cc3)C2=O)ccc1OCCCCO. The van der Waals surface area contributed by atoms with E-state index in [1.54, 1.807) is 42.5 Å². The lowest BCUT2D eigenvalue weighted by Gasteiger charge is -2.29. The number of carbonyl (C=O) groups is 2. The molecule has 37 heavy (non-hydrogen) atoms. The number of ether oxygens (including phenoxy) is 3. The molecule has 4 rings (SSSR count). The third-order valence-electron chi connectivity index (χ3n) is 5.48. The minimum absolute atomic E-state index is 0.00640. The number of unbranched alkanes of at least 4 members (excludes halogenated alkanes) is 1. The first-order valence-corrected chi connectivity index (χ1v) is 12.1. The largest absolute Gasteiger partial charge is 0.493 e. The predicted molar refractivity (Wildman–Crippen MR) is 144 cm³/mol. The van der Waals surface area contributed by atoms with Gasteiger partial charge in [-0.3, -0.25) is 19.8 Å². The molecule has 0 aromatic heterocycles. The Morgan fingerprint density at radius 2 is 1.68 bits per heavy atom. The van der Waals surface area contributed by atoms with Crippen LogP contribution >= 0.6 is 12.2 Å². The van der Waals surface area contributed by atoms with Gasteiger partial charge in [0.1, 0.15) is 17.1 Å². The van der Waals surface area contributed by atoms with E-state index in [0.717, 1.165) is 0 Å². The maximum Gasteiger partial charge on any atom is 0.270 e. The molecular weight excluding hydrogens is 492 g/mol. The summed E-state index contributed by atoms with van der Waals surface area (Å²) in [6.45, 7) is 0.537. The first kappa shape index (κ1) is 25.9. The van der Waals surface area contributed by atoms with E-state index in [1.807, 2.05) is 30.3 Å². The molecule has 1 aliphatic rings. The van der Waals surface area contributed by atoms with Crippen LogP contribution in [0.2, 0.25) is 0 Å². The fourth-order valence-electron chi connectivity index (χ4n) is 3.64. The highest BCUT2D eigenvalue weighted by Gasteiger charge is 2.34. The quantitative estimate of drug-likeness (QED) is 0.177. The molecule has 0 radical (unpaired) electrons. The van der Waals surface area contributed by atoms with Crippen molar-refractivity contribution in [1.29, 1.82) is 0 Å². The van der Waals surface area contributed by atoms with Crippen molar-refractivity contribution in [3.63, 3.8) is 0 Å². The first-order chi connectivity index (χ1) is 18.0. The number of nitrogens with zero attached hydrogens (tertiary/aromatic N) is 1. The van der Waals surface area contributed by atoms with Gasteiger partial charge in [-0.25, -0.2) is 0 Å². The number of para-hydroxylation sites is 1. The van der Waals surface area contributed by atoms with E-state index in [9.17, 15) is 9.59 Å². The highest BCUT2D eigenvalue weighted by molar-refractivity contribution is 7.80. The summed E-state index contributed by atoms with van der Waals surface area (Å²) in [5.41, 5.74) is 1.000. The lowest BCUT2D eigenvalue weighted by Crippen LogP contribution is -2.54. The summed E-state index contributed by atoms with van der Waals surface area (Å²) < 4.78 is 16.9. The Hall–Kier alpha value is -4.21. The third-order valence-corrected chi connectivity index (χ3v) is 5.77. The van der Waals surface area contributed by atoms with Gasteiger partial charge in [0.15, 0.2) is 16.6 Å². The number of carbonyl (C=O) groups excluding carboxylic acids is 2. The van der Waals surface area contributed by atoms with Crippen molar-refractivity contribution in [2.45, 2.75) is 12.8 Å². The van der Waals surface area contributed by atoms with E-state index >= 15 is 0 Å². The maximum absolute atomic E-state index is 13.4. The molecule has 190 valence electrons. The van der Waals surface area contributed by atoms with Crippen molar-refractivity contribution < 1.29 is 28.9 Å². The fourth-order valence-corrected chi connectivity index (χ4v) is 3.92. The Kier molecular flexibility index (Phi) is 8.50. The molecule has 8 nitrogen and oxygen atoms in total. The molecule has 2 N–H and O–H groups in total. The molecule has 3 aromatic rings. The Morgan fingerprint density at radius 1 is 0.946 bits per heavy atom. The van der Waals surface area contributed by atoms with E-state index < -0.39 is 11.8 Å². The highest BCUT2D eigenvalue weighted by atomic mass is 32.1. The Bertz CT molecular complexity index is 1310. The Balaban J connectivity index is 1.53. The zero-order valence-corrected chi connectivity index (χ0v) is 21.0. The molecule has 3 aromatic carbocycles. The number of methoxy groups -OCH3 is 1. The van der Waals surface area contributed by atoms with Crippen LogP contribution in [0.1, 0.15) is 18.4 Å². The number of amides is 2.